The summed E-state index contributed by atoms with van der Waals surface area (Å²) in [6, 6.07) is 9.86. The van der Waals surface area contributed by atoms with Gasteiger partial charge in [0.2, 0.25) is 5.91 Å². The summed E-state index contributed by atoms with van der Waals surface area (Å²) in [6.07, 6.45) is 3.16. The second-order valence-electron chi connectivity index (χ2n) is 5.59. The van der Waals surface area contributed by atoms with Gasteiger partial charge < -0.3 is 5.32 Å². The maximum absolute atomic E-state index is 13.0. The monoisotopic (exact) mass is 383 g/mol. The molecular formula is C18H17N5O3S. The Morgan fingerprint density at radius 3 is 2.67 bits per heavy atom. The Morgan fingerprint density at radius 2 is 1.96 bits per heavy atom. The molecule has 0 fully saturated rings. The molecule has 1 aromatic carbocycles. The molecule has 1 atom stereocenters. The van der Waals surface area contributed by atoms with Crippen molar-refractivity contribution >= 4 is 34.6 Å². The molecule has 3 rings (SSSR count). The zero-order chi connectivity index (χ0) is 19.4. The first-order valence-electron chi connectivity index (χ1n) is 8.12. The van der Waals surface area contributed by atoms with Crippen LogP contribution in [0.2, 0.25) is 0 Å². The van der Waals surface area contributed by atoms with E-state index in [4.69, 9.17) is 0 Å². The van der Waals surface area contributed by atoms with Crippen LogP contribution < -0.4 is 16.2 Å². The number of benzene rings is 1. The first-order valence-corrected chi connectivity index (χ1v) is 9.00. The first kappa shape index (κ1) is 18.6. The normalized spacial score (nSPS) is 11.8. The number of hydrogen-bond donors (Lipinski definition) is 2. The van der Waals surface area contributed by atoms with Crippen molar-refractivity contribution in [1.82, 2.24) is 25.2 Å². The lowest BCUT2D eigenvalue weighted by atomic mass is 10.2. The van der Waals surface area contributed by atoms with Crippen LogP contribution in [0, 0.1) is 0 Å². The number of hydrogen-bond acceptors (Lipinski definition) is 6. The zero-order valence-electron chi connectivity index (χ0n) is 14.7. The van der Waals surface area contributed by atoms with Crippen molar-refractivity contribution in [2.24, 2.45) is 0 Å². The molecule has 9 heteroatoms. The van der Waals surface area contributed by atoms with Gasteiger partial charge in [-0.1, -0.05) is 23.9 Å². The molecule has 0 saturated carbocycles. The molecule has 2 N–H and O–H groups in total. The summed E-state index contributed by atoms with van der Waals surface area (Å²) in [5.74, 6) is -0.487. The summed E-state index contributed by atoms with van der Waals surface area (Å²) in [6.45, 7) is 1.64. The Balaban J connectivity index is 2.07. The van der Waals surface area contributed by atoms with Crippen molar-refractivity contribution in [3.8, 4) is 5.69 Å². The highest BCUT2D eigenvalue weighted by molar-refractivity contribution is 8.00. The fraction of sp³-hybridized carbons (Fsp3) is 0.167. The molecule has 0 radical (unpaired) electrons. The topological polar surface area (TPSA) is 106 Å². The number of imide groups is 1. The fourth-order valence-electron chi connectivity index (χ4n) is 2.39. The lowest BCUT2D eigenvalue weighted by Crippen LogP contribution is -2.41. The number of amides is 3. The van der Waals surface area contributed by atoms with Crippen LogP contribution in [-0.2, 0) is 4.79 Å². The van der Waals surface area contributed by atoms with Crippen molar-refractivity contribution in [2.45, 2.75) is 17.3 Å². The standard InChI is InChI=1S/C18H17N5O3S/c1-11(15(24)22-17(26)19-2)27-18-21-14-8-4-3-7-13(14)16(25)23(18)12-6-5-9-20-10-12/h3-11H,1-2H3,(H2,19,22,24,26)/t11-/m0/s1. The van der Waals surface area contributed by atoms with Gasteiger partial charge in [0, 0.05) is 13.2 Å². The SMILES string of the molecule is CNC(=O)NC(=O)[C@H](C)Sc1nc2ccccc2c(=O)n1-c1cccnc1. The van der Waals surface area contributed by atoms with E-state index >= 15 is 0 Å². The summed E-state index contributed by atoms with van der Waals surface area (Å²) < 4.78 is 1.42. The number of carbonyl (C=O) groups excluding carboxylic acids is 2. The van der Waals surface area contributed by atoms with E-state index in [0.717, 1.165) is 11.8 Å². The van der Waals surface area contributed by atoms with Gasteiger partial charge in [-0.3, -0.25) is 24.5 Å². The minimum absolute atomic E-state index is 0.255. The van der Waals surface area contributed by atoms with E-state index in [1.807, 2.05) is 0 Å². The van der Waals surface area contributed by atoms with Crippen LogP contribution in [0.1, 0.15) is 6.92 Å². The van der Waals surface area contributed by atoms with Crippen molar-refractivity contribution in [2.75, 3.05) is 7.05 Å². The molecule has 3 amide bonds. The second-order valence-corrected chi connectivity index (χ2v) is 6.90. The van der Waals surface area contributed by atoms with E-state index in [0.29, 0.717) is 21.7 Å². The maximum Gasteiger partial charge on any atom is 0.321 e. The number of carbonyl (C=O) groups is 2. The lowest BCUT2D eigenvalue weighted by molar-refractivity contribution is -0.119. The molecule has 0 unspecified atom stereocenters. The van der Waals surface area contributed by atoms with Gasteiger partial charge in [-0.05, 0) is 31.2 Å². The third-order valence-corrected chi connectivity index (χ3v) is 4.82. The van der Waals surface area contributed by atoms with Gasteiger partial charge >= 0.3 is 6.03 Å². The Labute approximate surface area is 159 Å². The van der Waals surface area contributed by atoms with Crippen LogP contribution in [0.5, 0.6) is 0 Å². The molecule has 27 heavy (non-hydrogen) atoms. The van der Waals surface area contributed by atoms with Crippen molar-refractivity contribution < 1.29 is 9.59 Å². The van der Waals surface area contributed by atoms with E-state index in [9.17, 15) is 14.4 Å². The highest BCUT2D eigenvalue weighted by Crippen LogP contribution is 2.24. The van der Waals surface area contributed by atoms with E-state index < -0.39 is 17.2 Å². The molecule has 0 spiro atoms. The number of thioether (sulfide) groups is 1. The Bertz CT molecular complexity index is 1050. The van der Waals surface area contributed by atoms with Gasteiger partial charge in [0.1, 0.15) is 0 Å². The largest absolute Gasteiger partial charge is 0.341 e. The van der Waals surface area contributed by atoms with Gasteiger partial charge in [-0.25, -0.2) is 9.78 Å². The van der Waals surface area contributed by atoms with E-state index in [-0.39, 0.29) is 5.56 Å². The van der Waals surface area contributed by atoms with Crippen LogP contribution in [0.3, 0.4) is 0 Å². The molecule has 138 valence electrons. The quantitative estimate of drug-likeness (QED) is 0.525. The highest BCUT2D eigenvalue weighted by atomic mass is 32.2. The maximum atomic E-state index is 13.0. The Morgan fingerprint density at radius 1 is 1.19 bits per heavy atom. The van der Waals surface area contributed by atoms with Crippen LogP contribution in [-0.4, -0.2) is 38.8 Å². The van der Waals surface area contributed by atoms with Gasteiger partial charge in [0.25, 0.3) is 5.56 Å². The van der Waals surface area contributed by atoms with Gasteiger partial charge in [0.15, 0.2) is 5.16 Å². The number of para-hydroxylation sites is 1. The van der Waals surface area contributed by atoms with E-state index in [2.05, 4.69) is 20.6 Å². The van der Waals surface area contributed by atoms with E-state index in [1.54, 1.807) is 55.7 Å². The number of nitrogens with one attached hydrogen (secondary N) is 2. The molecule has 0 aliphatic heterocycles. The number of aromatic nitrogens is 3. The van der Waals surface area contributed by atoms with Crippen molar-refractivity contribution in [1.29, 1.82) is 0 Å². The summed E-state index contributed by atoms with van der Waals surface area (Å²) >= 11 is 1.09. The van der Waals surface area contributed by atoms with Crippen LogP contribution in [0.15, 0.2) is 58.7 Å². The number of urea groups is 1. The molecule has 0 saturated heterocycles. The lowest BCUT2D eigenvalue weighted by Gasteiger charge is -2.15. The number of rotatable bonds is 4. The molecular weight excluding hydrogens is 366 g/mol. The summed E-state index contributed by atoms with van der Waals surface area (Å²) in [7, 11) is 1.42. The number of nitrogens with zero attached hydrogens (tertiary/aromatic N) is 3. The molecule has 0 aliphatic carbocycles. The smallest absolute Gasteiger partial charge is 0.321 e. The highest BCUT2D eigenvalue weighted by Gasteiger charge is 2.21. The average Bonchev–Trinajstić information content (AvgIpc) is 2.68. The summed E-state index contributed by atoms with van der Waals surface area (Å²) in [5, 5.41) is 4.70. The van der Waals surface area contributed by atoms with Gasteiger partial charge in [0.05, 0.1) is 28.0 Å². The van der Waals surface area contributed by atoms with E-state index in [1.165, 1.54) is 11.6 Å². The van der Waals surface area contributed by atoms with Gasteiger partial charge in [-0.2, -0.15) is 0 Å². The van der Waals surface area contributed by atoms with Crippen molar-refractivity contribution in [3.63, 3.8) is 0 Å². The van der Waals surface area contributed by atoms with Crippen LogP contribution >= 0.6 is 11.8 Å². The molecule has 3 aromatic rings. The third-order valence-electron chi connectivity index (χ3n) is 3.76. The minimum Gasteiger partial charge on any atom is -0.341 e. The predicted molar refractivity (Wildman–Crippen MR) is 103 cm³/mol. The molecule has 8 nitrogen and oxygen atoms in total. The number of pyridine rings is 1. The van der Waals surface area contributed by atoms with Crippen molar-refractivity contribution in [3.05, 3.63) is 59.1 Å². The van der Waals surface area contributed by atoms with Gasteiger partial charge in [-0.15, -0.1) is 0 Å². The molecule has 0 bridgehead atoms. The summed E-state index contributed by atoms with van der Waals surface area (Å²) in [4.78, 5) is 45.2. The summed E-state index contributed by atoms with van der Waals surface area (Å²) in [5.41, 5.74) is 0.821. The molecule has 2 heterocycles. The molecule has 0 aliphatic rings. The fourth-order valence-corrected chi connectivity index (χ4v) is 3.32. The van der Waals surface area contributed by atoms with Crippen LogP contribution in [0.4, 0.5) is 4.79 Å². The molecule has 2 aromatic heterocycles. The second kappa shape index (κ2) is 8.00. The Hall–Kier alpha value is -3.20. The average molecular weight is 383 g/mol. The third kappa shape index (κ3) is 3.98. The minimum atomic E-state index is -0.654. The Kier molecular flexibility index (Phi) is 5.51. The van der Waals surface area contributed by atoms with Crippen LogP contribution in [0.25, 0.3) is 16.6 Å². The first-order chi connectivity index (χ1) is 13.0. The number of fused-ring (bicyclic) bond motifs is 1. The zero-order valence-corrected chi connectivity index (χ0v) is 15.5. The predicted octanol–water partition coefficient (Wildman–Crippen LogP) is 1.72.